The van der Waals surface area contributed by atoms with Crippen LogP contribution in [0, 0.1) is 12.7 Å². The molecular formula is C24H21FN6O3. The molecule has 0 bridgehead atoms. The van der Waals surface area contributed by atoms with Crippen LogP contribution in [0.4, 0.5) is 10.1 Å². The first-order valence-electron chi connectivity index (χ1n) is 10.3. The second-order valence-corrected chi connectivity index (χ2v) is 7.56. The smallest absolute Gasteiger partial charge is 0.274 e. The Hall–Kier alpha value is -4.60. The normalized spacial score (nSPS) is 10.8. The number of nitrogens with two attached hydrogens (primary N) is 1. The SMILES string of the molecule is CNC(=O)c1nn(Cc2ccc(F)cc2)c(C)c1NC(=O)c1cc(C(N)=O)c2ccccc2n1. The maximum absolute atomic E-state index is 13.2. The minimum Gasteiger partial charge on any atom is -0.366 e. The van der Waals surface area contributed by atoms with E-state index in [1.165, 1.54) is 29.9 Å². The second kappa shape index (κ2) is 9.10. The molecule has 0 saturated heterocycles. The first-order chi connectivity index (χ1) is 16.3. The molecule has 9 nitrogen and oxygen atoms in total. The molecule has 0 atom stereocenters. The number of fused-ring (bicyclic) bond motifs is 1. The quantitative estimate of drug-likeness (QED) is 0.407. The zero-order valence-corrected chi connectivity index (χ0v) is 18.4. The van der Waals surface area contributed by atoms with Gasteiger partial charge in [0.25, 0.3) is 11.8 Å². The number of rotatable bonds is 6. The van der Waals surface area contributed by atoms with Crippen LogP contribution in [0.25, 0.3) is 10.9 Å². The summed E-state index contributed by atoms with van der Waals surface area (Å²) in [4.78, 5) is 41.9. The summed E-state index contributed by atoms with van der Waals surface area (Å²) in [5, 5.41) is 10.1. The number of carbonyl (C=O) groups excluding carboxylic acids is 3. The van der Waals surface area contributed by atoms with Crippen molar-refractivity contribution in [2.45, 2.75) is 13.5 Å². The fraction of sp³-hybridized carbons (Fsp3) is 0.125. The summed E-state index contributed by atoms with van der Waals surface area (Å²) >= 11 is 0. The molecule has 0 aliphatic carbocycles. The lowest BCUT2D eigenvalue weighted by atomic mass is 10.1. The lowest BCUT2D eigenvalue weighted by molar-refractivity contribution is 0.0956. The van der Waals surface area contributed by atoms with Gasteiger partial charge >= 0.3 is 0 Å². The Morgan fingerprint density at radius 1 is 1.06 bits per heavy atom. The first-order valence-corrected chi connectivity index (χ1v) is 10.3. The molecule has 4 aromatic rings. The van der Waals surface area contributed by atoms with Crippen LogP contribution in [0.5, 0.6) is 0 Å². The number of primary amides is 1. The topological polar surface area (TPSA) is 132 Å². The molecule has 0 unspecified atom stereocenters. The molecule has 0 saturated carbocycles. The number of benzene rings is 2. The highest BCUT2D eigenvalue weighted by molar-refractivity contribution is 6.12. The standard InChI is InChI=1S/C24H21FN6O3/c1-13-20(21(24(34)27-2)30-31(13)12-14-7-9-15(25)10-8-14)29-23(33)19-11-17(22(26)32)16-5-3-4-6-18(16)28-19/h3-11H,12H2,1-2H3,(H2,26,32)(H,27,34)(H,29,33). The first kappa shape index (κ1) is 22.6. The molecule has 4 rings (SSSR count). The van der Waals surface area contributed by atoms with E-state index in [1.54, 1.807) is 43.3 Å². The van der Waals surface area contributed by atoms with Crippen molar-refractivity contribution in [2.24, 2.45) is 5.73 Å². The van der Waals surface area contributed by atoms with Gasteiger partial charge in [0.2, 0.25) is 5.91 Å². The number of hydrogen-bond donors (Lipinski definition) is 3. The fourth-order valence-corrected chi connectivity index (χ4v) is 3.56. The average Bonchev–Trinajstić information content (AvgIpc) is 3.14. The third-order valence-corrected chi connectivity index (χ3v) is 5.35. The van der Waals surface area contributed by atoms with Crippen molar-refractivity contribution in [3.8, 4) is 0 Å². The van der Waals surface area contributed by atoms with Gasteiger partial charge in [-0.15, -0.1) is 0 Å². The maximum atomic E-state index is 13.2. The second-order valence-electron chi connectivity index (χ2n) is 7.56. The van der Waals surface area contributed by atoms with E-state index in [1.807, 2.05) is 0 Å². The van der Waals surface area contributed by atoms with E-state index in [0.717, 1.165) is 5.56 Å². The lowest BCUT2D eigenvalue weighted by Gasteiger charge is -2.09. The van der Waals surface area contributed by atoms with Crippen LogP contribution in [-0.4, -0.2) is 39.5 Å². The molecule has 2 aromatic carbocycles. The van der Waals surface area contributed by atoms with E-state index in [9.17, 15) is 18.8 Å². The Balaban J connectivity index is 1.72. The van der Waals surface area contributed by atoms with Gasteiger partial charge in [-0.3, -0.25) is 19.1 Å². The van der Waals surface area contributed by atoms with E-state index in [0.29, 0.717) is 16.6 Å². The van der Waals surface area contributed by atoms with Crippen LogP contribution in [0.15, 0.2) is 54.6 Å². The van der Waals surface area contributed by atoms with E-state index >= 15 is 0 Å². The largest absolute Gasteiger partial charge is 0.366 e. The summed E-state index contributed by atoms with van der Waals surface area (Å²) in [6, 6.07) is 14.0. The van der Waals surface area contributed by atoms with Crippen molar-refractivity contribution in [3.63, 3.8) is 0 Å². The van der Waals surface area contributed by atoms with Crippen molar-refractivity contribution < 1.29 is 18.8 Å². The third-order valence-electron chi connectivity index (χ3n) is 5.35. The van der Waals surface area contributed by atoms with E-state index in [-0.39, 0.29) is 35.0 Å². The van der Waals surface area contributed by atoms with Crippen molar-refractivity contribution >= 4 is 34.3 Å². The molecule has 172 valence electrons. The number of aromatic nitrogens is 3. The van der Waals surface area contributed by atoms with Gasteiger partial charge in [-0.2, -0.15) is 5.10 Å². The van der Waals surface area contributed by atoms with E-state index < -0.39 is 17.7 Å². The minimum absolute atomic E-state index is 0.00590. The van der Waals surface area contributed by atoms with Gasteiger partial charge < -0.3 is 16.4 Å². The molecule has 34 heavy (non-hydrogen) atoms. The summed E-state index contributed by atoms with van der Waals surface area (Å²) < 4.78 is 14.8. The summed E-state index contributed by atoms with van der Waals surface area (Å²) in [5.74, 6) is -2.19. The lowest BCUT2D eigenvalue weighted by Crippen LogP contribution is -2.22. The number of nitrogens with zero attached hydrogens (tertiary/aromatic N) is 3. The molecule has 0 spiro atoms. The number of halogens is 1. The molecule has 10 heteroatoms. The number of hydrogen-bond acceptors (Lipinski definition) is 5. The number of amides is 3. The number of carbonyl (C=O) groups is 3. The number of nitrogens with one attached hydrogen (secondary N) is 2. The van der Waals surface area contributed by atoms with Crippen LogP contribution < -0.4 is 16.4 Å². The minimum atomic E-state index is -0.693. The van der Waals surface area contributed by atoms with Gasteiger partial charge in [0.05, 0.1) is 29.0 Å². The average molecular weight is 460 g/mol. The van der Waals surface area contributed by atoms with Gasteiger partial charge in [-0.05, 0) is 36.8 Å². The molecule has 4 N–H and O–H groups in total. The Morgan fingerprint density at radius 3 is 2.44 bits per heavy atom. The van der Waals surface area contributed by atoms with Gasteiger partial charge in [0.1, 0.15) is 11.5 Å². The zero-order valence-electron chi connectivity index (χ0n) is 18.4. The monoisotopic (exact) mass is 460 g/mol. The van der Waals surface area contributed by atoms with Gasteiger partial charge in [0, 0.05) is 12.4 Å². The molecule has 0 aliphatic heterocycles. The zero-order chi connectivity index (χ0) is 24.4. The molecule has 0 aliphatic rings. The summed E-state index contributed by atoms with van der Waals surface area (Å²) in [6.07, 6.45) is 0. The van der Waals surface area contributed by atoms with Gasteiger partial charge in [0.15, 0.2) is 5.69 Å². The Morgan fingerprint density at radius 2 is 1.76 bits per heavy atom. The Kier molecular flexibility index (Phi) is 6.05. The highest BCUT2D eigenvalue weighted by Crippen LogP contribution is 2.24. The van der Waals surface area contributed by atoms with Gasteiger partial charge in [-0.25, -0.2) is 9.37 Å². The molecule has 2 aromatic heterocycles. The Labute approximate surface area is 193 Å². The summed E-state index contributed by atoms with van der Waals surface area (Å²) in [6.45, 7) is 1.95. The number of anilines is 1. The highest BCUT2D eigenvalue weighted by Gasteiger charge is 2.24. The predicted octanol–water partition coefficient (Wildman–Crippen LogP) is 2.64. The predicted molar refractivity (Wildman–Crippen MR) is 124 cm³/mol. The Bertz CT molecular complexity index is 1430. The highest BCUT2D eigenvalue weighted by atomic mass is 19.1. The molecule has 0 radical (unpaired) electrons. The number of pyridine rings is 1. The molecule has 2 heterocycles. The summed E-state index contributed by atoms with van der Waals surface area (Å²) in [7, 11) is 1.45. The van der Waals surface area contributed by atoms with E-state index in [4.69, 9.17) is 5.73 Å². The van der Waals surface area contributed by atoms with Crippen LogP contribution in [0.2, 0.25) is 0 Å². The van der Waals surface area contributed by atoms with Crippen molar-refractivity contribution in [2.75, 3.05) is 12.4 Å². The van der Waals surface area contributed by atoms with E-state index in [2.05, 4.69) is 20.7 Å². The maximum Gasteiger partial charge on any atom is 0.274 e. The van der Waals surface area contributed by atoms with Crippen LogP contribution in [-0.2, 0) is 6.54 Å². The van der Waals surface area contributed by atoms with Crippen molar-refractivity contribution in [3.05, 3.63) is 88.6 Å². The third kappa shape index (κ3) is 4.33. The van der Waals surface area contributed by atoms with Crippen LogP contribution in [0.3, 0.4) is 0 Å². The summed E-state index contributed by atoms with van der Waals surface area (Å²) in [5.41, 5.74) is 7.52. The van der Waals surface area contributed by atoms with Crippen molar-refractivity contribution in [1.29, 1.82) is 0 Å². The van der Waals surface area contributed by atoms with Crippen LogP contribution in [0.1, 0.15) is 42.6 Å². The van der Waals surface area contributed by atoms with Gasteiger partial charge in [-0.1, -0.05) is 30.3 Å². The molecular weight excluding hydrogens is 439 g/mol. The molecule has 0 fully saturated rings. The van der Waals surface area contributed by atoms with Crippen molar-refractivity contribution in [1.82, 2.24) is 20.1 Å². The molecule has 3 amide bonds. The number of para-hydroxylation sites is 1. The fourth-order valence-electron chi connectivity index (χ4n) is 3.56. The van der Waals surface area contributed by atoms with Crippen LogP contribution >= 0.6 is 0 Å².